The highest BCUT2D eigenvalue weighted by Crippen LogP contribution is 2.06. The molecule has 5 heteroatoms. The molecular weight excluding hydrogens is 240 g/mol. The number of nitrogens with zero attached hydrogens (tertiary/aromatic N) is 3. The Hall–Kier alpha value is -2.17. The summed E-state index contributed by atoms with van der Waals surface area (Å²) in [4.78, 5) is 13.6. The number of H-pyrrole nitrogens is 1. The second-order valence-electron chi connectivity index (χ2n) is 4.52. The van der Waals surface area contributed by atoms with Gasteiger partial charge in [0.1, 0.15) is 0 Å². The monoisotopic (exact) mass is 258 g/mol. The fourth-order valence-electron chi connectivity index (χ4n) is 1.92. The highest BCUT2D eigenvalue weighted by Gasteiger charge is 2.13. The van der Waals surface area contributed by atoms with E-state index in [1.807, 2.05) is 6.07 Å². The molecule has 0 aliphatic rings. The summed E-state index contributed by atoms with van der Waals surface area (Å²) in [6, 6.07) is 10.4. The van der Waals surface area contributed by atoms with Gasteiger partial charge in [0.15, 0.2) is 5.69 Å². The number of rotatable bonds is 6. The average Bonchev–Trinajstić information content (AvgIpc) is 2.98. The van der Waals surface area contributed by atoms with E-state index in [1.54, 1.807) is 11.9 Å². The van der Waals surface area contributed by atoms with Gasteiger partial charge >= 0.3 is 0 Å². The van der Waals surface area contributed by atoms with Gasteiger partial charge < -0.3 is 4.90 Å². The van der Waals surface area contributed by atoms with Crippen LogP contribution in [0.3, 0.4) is 0 Å². The lowest BCUT2D eigenvalue weighted by molar-refractivity contribution is 0.0787. The van der Waals surface area contributed by atoms with Gasteiger partial charge in [-0.1, -0.05) is 30.3 Å². The Balaban J connectivity index is 1.70. The van der Waals surface area contributed by atoms with E-state index in [4.69, 9.17) is 0 Å². The number of unbranched alkanes of at least 4 members (excludes halogenated alkanes) is 1. The fourth-order valence-corrected chi connectivity index (χ4v) is 1.92. The zero-order valence-electron chi connectivity index (χ0n) is 11.0. The Labute approximate surface area is 112 Å². The number of hydrogen-bond donors (Lipinski definition) is 1. The van der Waals surface area contributed by atoms with Crippen LogP contribution in [-0.2, 0) is 6.42 Å². The van der Waals surface area contributed by atoms with Gasteiger partial charge in [0, 0.05) is 13.6 Å². The van der Waals surface area contributed by atoms with Crippen LogP contribution in [0.4, 0.5) is 0 Å². The van der Waals surface area contributed by atoms with Crippen LogP contribution in [0.2, 0.25) is 0 Å². The minimum absolute atomic E-state index is 0.0894. The molecule has 0 aliphatic heterocycles. The number of benzene rings is 1. The summed E-state index contributed by atoms with van der Waals surface area (Å²) < 4.78 is 0. The largest absolute Gasteiger partial charge is 0.340 e. The van der Waals surface area contributed by atoms with Crippen molar-refractivity contribution in [1.29, 1.82) is 0 Å². The van der Waals surface area contributed by atoms with Crippen molar-refractivity contribution in [2.75, 3.05) is 13.6 Å². The predicted molar refractivity (Wildman–Crippen MR) is 72.7 cm³/mol. The van der Waals surface area contributed by atoms with Gasteiger partial charge in [-0.2, -0.15) is 15.4 Å². The van der Waals surface area contributed by atoms with Crippen molar-refractivity contribution < 1.29 is 4.79 Å². The summed E-state index contributed by atoms with van der Waals surface area (Å²) in [5.74, 6) is -0.0894. The molecule has 0 bridgehead atoms. The fraction of sp³-hybridized carbons (Fsp3) is 0.357. The quantitative estimate of drug-likeness (QED) is 0.805. The van der Waals surface area contributed by atoms with Crippen LogP contribution < -0.4 is 0 Å². The zero-order valence-corrected chi connectivity index (χ0v) is 11.0. The normalized spacial score (nSPS) is 10.4. The molecule has 0 saturated carbocycles. The molecule has 0 aliphatic carbocycles. The van der Waals surface area contributed by atoms with Gasteiger partial charge in [-0.15, -0.1) is 0 Å². The highest BCUT2D eigenvalue weighted by atomic mass is 16.2. The van der Waals surface area contributed by atoms with Gasteiger partial charge in [0.25, 0.3) is 5.91 Å². The molecule has 0 unspecified atom stereocenters. The van der Waals surface area contributed by atoms with Crippen LogP contribution in [0.15, 0.2) is 36.5 Å². The lowest BCUT2D eigenvalue weighted by Gasteiger charge is -2.15. The van der Waals surface area contributed by atoms with E-state index in [0.717, 1.165) is 25.8 Å². The number of carbonyl (C=O) groups is 1. The molecule has 1 heterocycles. The number of carbonyl (C=O) groups excluding carboxylic acids is 1. The lowest BCUT2D eigenvalue weighted by Crippen LogP contribution is -2.28. The van der Waals surface area contributed by atoms with E-state index < -0.39 is 0 Å². The Kier molecular flexibility index (Phi) is 4.66. The van der Waals surface area contributed by atoms with Crippen molar-refractivity contribution >= 4 is 5.91 Å². The van der Waals surface area contributed by atoms with Gasteiger partial charge in [0.2, 0.25) is 0 Å². The molecule has 1 amide bonds. The maximum atomic E-state index is 11.9. The maximum absolute atomic E-state index is 11.9. The molecule has 1 aromatic heterocycles. The second-order valence-corrected chi connectivity index (χ2v) is 4.52. The van der Waals surface area contributed by atoms with Gasteiger partial charge in [-0.3, -0.25) is 4.79 Å². The highest BCUT2D eigenvalue weighted by molar-refractivity contribution is 5.91. The van der Waals surface area contributed by atoms with Crippen molar-refractivity contribution in [3.05, 3.63) is 47.8 Å². The first-order valence-electron chi connectivity index (χ1n) is 6.42. The molecule has 2 aromatic rings. The third kappa shape index (κ3) is 3.91. The molecule has 2 rings (SSSR count). The van der Waals surface area contributed by atoms with Crippen LogP contribution in [-0.4, -0.2) is 39.8 Å². The number of aromatic amines is 1. The molecule has 0 radical (unpaired) electrons. The molecule has 0 spiro atoms. The van der Waals surface area contributed by atoms with Crippen LogP contribution >= 0.6 is 0 Å². The Morgan fingerprint density at radius 1 is 1.26 bits per heavy atom. The van der Waals surface area contributed by atoms with Gasteiger partial charge in [-0.25, -0.2) is 0 Å². The minimum atomic E-state index is -0.0894. The first kappa shape index (κ1) is 13.3. The Morgan fingerprint density at radius 3 is 2.74 bits per heavy atom. The lowest BCUT2D eigenvalue weighted by atomic mass is 10.1. The third-order valence-corrected chi connectivity index (χ3v) is 3.03. The minimum Gasteiger partial charge on any atom is -0.340 e. The molecule has 0 atom stereocenters. The first-order valence-corrected chi connectivity index (χ1v) is 6.42. The van der Waals surface area contributed by atoms with Crippen LogP contribution in [0.1, 0.15) is 28.9 Å². The topological polar surface area (TPSA) is 61.9 Å². The van der Waals surface area contributed by atoms with Crippen LogP contribution in [0.5, 0.6) is 0 Å². The summed E-state index contributed by atoms with van der Waals surface area (Å²) in [5.41, 5.74) is 1.71. The van der Waals surface area contributed by atoms with Crippen molar-refractivity contribution in [3.8, 4) is 0 Å². The van der Waals surface area contributed by atoms with Crippen molar-refractivity contribution in [2.45, 2.75) is 19.3 Å². The summed E-state index contributed by atoms with van der Waals surface area (Å²) in [6.45, 7) is 0.735. The van der Waals surface area contributed by atoms with Crippen molar-refractivity contribution in [1.82, 2.24) is 20.3 Å². The smallest absolute Gasteiger partial charge is 0.275 e. The van der Waals surface area contributed by atoms with Gasteiger partial charge in [-0.05, 0) is 24.8 Å². The number of aryl methyl sites for hydroxylation is 1. The van der Waals surface area contributed by atoms with Crippen molar-refractivity contribution in [2.24, 2.45) is 0 Å². The summed E-state index contributed by atoms with van der Waals surface area (Å²) in [5, 5.41) is 9.87. The maximum Gasteiger partial charge on any atom is 0.275 e. The molecular formula is C14H18N4O. The van der Waals surface area contributed by atoms with E-state index in [1.165, 1.54) is 11.8 Å². The van der Waals surface area contributed by atoms with E-state index in [-0.39, 0.29) is 5.91 Å². The van der Waals surface area contributed by atoms with Crippen LogP contribution in [0.25, 0.3) is 0 Å². The molecule has 19 heavy (non-hydrogen) atoms. The van der Waals surface area contributed by atoms with E-state index in [2.05, 4.69) is 39.7 Å². The number of aromatic nitrogens is 3. The standard InChI is InChI=1S/C14H18N4O/c1-18(14(19)13-11-15-17-16-13)10-6-5-9-12-7-3-2-4-8-12/h2-4,7-8,11H,5-6,9-10H2,1H3,(H,15,16,17). The van der Waals surface area contributed by atoms with E-state index in [9.17, 15) is 4.79 Å². The first-order chi connectivity index (χ1) is 9.27. The SMILES string of the molecule is CN(CCCCc1ccccc1)C(=O)c1cn[nH]n1. The van der Waals surface area contributed by atoms with Crippen LogP contribution in [0, 0.1) is 0 Å². The van der Waals surface area contributed by atoms with E-state index in [0.29, 0.717) is 5.69 Å². The third-order valence-electron chi connectivity index (χ3n) is 3.03. The average molecular weight is 258 g/mol. The number of nitrogens with one attached hydrogen (secondary N) is 1. The summed E-state index contributed by atoms with van der Waals surface area (Å²) >= 11 is 0. The molecule has 1 N–H and O–H groups in total. The van der Waals surface area contributed by atoms with Crippen molar-refractivity contribution in [3.63, 3.8) is 0 Å². The molecule has 5 nitrogen and oxygen atoms in total. The molecule has 100 valence electrons. The Morgan fingerprint density at radius 2 is 2.05 bits per heavy atom. The molecule has 0 saturated heterocycles. The second kappa shape index (κ2) is 6.68. The molecule has 1 aromatic carbocycles. The number of hydrogen-bond acceptors (Lipinski definition) is 3. The predicted octanol–water partition coefficient (Wildman–Crippen LogP) is 1.90. The number of amides is 1. The molecule has 0 fully saturated rings. The Bertz CT molecular complexity index is 495. The summed E-state index contributed by atoms with van der Waals surface area (Å²) in [6.07, 6.45) is 4.55. The van der Waals surface area contributed by atoms with Gasteiger partial charge in [0.05, 0.1) is 6.20 Å². The zero-order chi connectivity index (χ0) is 13.5. The van der Waals surface area contributed by atoms with E-state index >= 15 is 0 Å². The summed E-state index contributed by atoms with van der Waals surface area (Å²) in [7, 11) is 1.79.